The lowest BCUT2D eigenvalue weighted by atomic mass is 9.86. The number of cyclic esters (lactones) is 1. The number of hydrogen-bond donors (Lipinski definition) is 1. The molecule has 2 aromatic heterocycles. The number of piperazine rings is 1. The molecule has 3 aliphatic rings. The van der Waals surface area contributed by atoms with Crippen LogP contribution in [0.2, 0.25) is 0 Å². The largest absolute Gasteiger partial charge is 0.458 e. The molecule has 13 nitrogen and oxygen atoms in total. The zero-order chi connectivity index (χ0) is 36.3. The summed E-state index contributed by atoms with van der Waals surface area (Å²) in [4.78, 5) is 63.2. The van der Waals surface area contributed by atoms with E-state index in [2.05, 4.69) is 4.90 Å². The Balaban J connectivity index is 1.39. The normalized spacial score (nSPS) is 18.9. The fourth-order valence-corrected chi connectivity index (χ4v) is 7.15. The number of fused-ring (bicyclic) bond motifs is 5. The van der Waals surface area contributed by atoms with Crippen molar-refractivity contribution in [1.82, 2.24) is 24.3 Å². The van der Waals surface area contributed by atoms with E-state index in [0.29, 0.717) is 55.4 Å². The van der Waals surface area contributed by atoms with Crippen molar-refractivity contribution in [2.24, 2.45) is 0 Å². The molecule has 6 rings (SSSR count). The average molecular weight is 690 g/mol. The molecule has 3 aliphatic heterocycles. The van der Waals surface area contributed by atoms with E-state index < -0.39 is 23.3 Å². The van der Waals surface area contributed by atoms with Crippen molar-refractivity contribution in [2.45, 2.75) is 105 Å². The number of esters is 1. The number of carbonyl (C=O) groups is 3. The molecule has 0 unspecified atom stereocenters. The van der Waals surface area contributed by atoms with Crippen LogP contribution in [-0.2, 0) is 39.6 Å². The summed E-state index contributed by atoms with van der Waals surface area (Å²) in [6, 6.07) is 7.08. The highest BCUT2D eigenvalue weighted by molar-refractivity contribution is 5.90. The van der Waals surface area contributed by atoms with Gasteiger partial charge in [0.2, 0.25) is 0 Å². The first-order valence-corrected chi connectivity index (χ1v) is 17.4. The van der Waals surface area contributed by atoms with Crippen LogP contribution in [0.15, 0.2) is 29.1 Å². The van der Waals surface area contributed by atoms with E-state index in [4.69, 9.17) is 19.2 Å². The van der Waals surface area contributed by atoms with E-state index in [1.165, 1.54) is 0 Å². The quantitative estimate of drug-likeness (QED) is 0.282. The summed E-state index contributed by atoms with van der Waals surface area (Å²) in [6.45, 7) is 17.6. The molecular weight excluding hydrogens is 642 g/mol. The van der Waals surface area contributed by atoms with Gasteiger partial charge in [-0.3, -0.25) is 9.69 Å². The Morgan fingerprint density at radius 1 is 1.06 bits per heavy atom. The molecule has 1 aromatic carbocycles. The van der Waals surface area contributed by atoms with Crippen molar-refractivity contribution in [3.8, 4) is 17.1 Å². The van der Waals surface area contributed by atoms with Crippen molar-refractivity contribution in [3.05, 3.63) is 56.9 Å². The van der Waals surface area contributed by atoms with Gasteiger partial charge in [0, 0.05) is 66.9 Å². The third-order valence-corrected chi connectivity index (χ3v) is 9.69. The molecular formula is C37H47N5O8. The lowest BCUT2D eigenvalue weighted by molar-refractivity contribution is -0.172. The fourth-order valence-electron chi connectivity index (χ4n) is 7.15. The Labute approximate surface area is 291 Å². The van der Waals surface area contributed by atoms with E-state index in [1.807, 2.05) is 54.5 Å². The second kappa shape index (κ2) is 13.0. The predicted octanol–water partition coefficient (Wildman–Crippen LogP) is 4.75. The van der Waals surface area contributed by atoms with Crippen LogP contribution in [0.3, 0.4) is 0 Å². The zero-order valence-electron chi connectivity index (χ0n) is 30.2. The molecule has 5 heterocycles. The SMILES string of the molecule is CC[C@@]1(O)C(=O)OCc2c1cc1n(c2=O)Cc2cc3c(CN4CCN(C(=O)OC(C)(C)C)CC4)c(OC(=O)N(C(C)C)C(C)C)ccc3nc2-1. The van der Waals surface area contributed by atoms with E-state index >= 15 is 0 Å². The maximum Gasteiger partial charge on any atom is 0.415 e. The number of hydrogen-bond acceptors (Lipinski definition) is 10. The number of pyridine rings is 2. The molecule has 1 saturated heterocycles. The molecule has 1 atom stereocenters. The molecule has 2 amide bonds. The molecule has 13 heteroatoms. The Kier molecular flexibility index (Phi) is 9.19. The van der Waals surface area contributed by atoms with Gasteiger partial charge in [-0.25, -0.2) is 19.4 Å². The van der Waals surface area contributed by atoms with Crippen molar-refractivity contribution in [1.29, 1.82) is 0 Å². The summed E-state index contributed by atoms with van der Waals surface area (Å²) in [5.74, 6) is -0.356. The van der Waals surface area contributed by atoms with Crippen LogP contribution in [0.1, 0.15) is 84.1 Å². The fraction of sp³-hybridized carbons (Fsp3) is 0.541. The molecule has 0 bridgehead atoms. The molecule has 0 spiro atoms. The smallest absolute Gasteiger partial charge is 0.415 e. The first-order chi connectivity index (χ1) is 23.5. The van der Waals surface area contributed by atoms with Gasteiger partial charge < -0.3 is 33.7 Å². The molecule has 1 N–H and O–H groups in total. The monoisotopic (exact) mass is 689 g/mol. The number of benzene rings is 1. The van der Waals surface area contributed by atoms with Gasteiger partial charge in [0.1, 0.15) is 18.0 Å². The highest BCUT2D eigenvalue weighted by Crippen LogP contribution is 2.40. The minimum Gasteiger partial charge on any atom is -0.458 e. The lowest BCUT2D eigenvalue weighted by Crippen LogP contribution is -2.49. The highest BCUT2D eigenvalue weighted by Gasteiger charge is 2.45. The molecule has 0 radical (unpaired) electrons. The third-order valence-electron chi connectivity index (χ3n) is 9.69. The van der Waals surface area contributed by atoms with E-state index in [-0.39, 0.29) is 54.4 Å². The predicted molar refractivity (Wildman–Crippen MR) is 186 cm³/mol. The summed E-state index contributed by atoms with van der Waals surface area (Å²) in [7, 11) is 0. The van der Waals surface area contributed by atoms with Gasteiger partial charge in [-0.05, 0) is 79.2 Å². The lowest BCUT2D eigenvalue weighted by Gasteiger charge is -2.36. The van der Waals surface area contributed by atoms with Crippen LogP contribution in [0, 0.1) is 0 Å². The van der Waals surface area contributed by atoms with Gasteiger partial charge in [0.25, 0.3) is 5.56 Å². The summed E-state index contributed by atoms with van der Waals surface area (Å²) >= 11 is 0. The first-order valence-electron chi connectivity index (χ1n) is 17.4. The van der Waals surface area contributed by atoms with E-state index in [9.17, 15) is 24.3 Å². The number of ether oxygens (including phenoxy) is 3. The standard InChI is InChI=1S/C37H47N5O8/c1-9-37(47)27-17-29-31-23(18-41(29)32(43)26(27)20-48-33(37)44)16-24-25(19-39-12-14-40(15-13-39)34(45)50-36(6,7)8)30(11-10-28(24)38-31)49-35(46)42(21(2)3)22(4)5/h10-11,16-17,21-22,47H,9,12-15,18-20H2,1-8H3/t37-/m0/s1. The van der Waals surface area contributed by atoms with E-state index in [1.54, 1.807) is 39.5 Å². The summed E-state index contributed by atoms with van der Waals surface area (Å²) < 4.78 is 18.5. The Morgan fingerprint density at radius 2 is 1.74 bits per heavy atom. The van der Waals surface area contributed by atoms with Crippen LogP contribution in [0.5, 0.6) is 5.75 Å². The number of amides is 2. The van der Waals surface area contributed by atoms with Crippen LogP contribution >= 0.6 is 0 Å². The number of aromatic nitrogens is 2. The number of rotatable bonds is 6. The average Bonchev–Trinajstić information content (AvgIpc) is 3.40. The summed E-state index contributed by atoms with van der Waals surface area (Å²) in [6.07, 6.45) is -0.741. The van der Waals surface area contributed by atoms with Crippen LogP contribution < -0.4 is 10.3 Å². The molecule has 0 aliphatic carbocycles. The molecule has 3 aromatic rings. The Hall–Kier alpha value is -4.49. The topological polar surface area (TPSA) is 144 Å². The molecule has 0 saturated carbocycles. The second-order valence-corrected chi connectivity index (χ2v) is 14.9. The van der Waals surface area contributed by atoms with E-state index in [0.717, 1.165) is 16.5 Å². The van der Waals surface area contributed by atoms with Gasteiger partial charge in [-0.15, -0.1) is 0 Å². The van der Waals surface area contributed by atoms with Gasteiger partial charge >= 0.3 is 18.2 Å². The van der Waals surface area contributed by atoms with Gasteiger partial charge in [0.05, 0.1) is 29.0 Å². The molecule has 50 heavy (non-hydrogen) atoms. The van der Waals surface area contributed by atoms with Crippen LogP contribution in [0.4, 0.5) is 9.59 Å². The maximum absolute atomic E-state index is 13.7. The van der Waals surface area contributed by atoms with Crippen LogP contribution in [0.25, 0.3) is 22.3 Å². The summed E-state index contributed by atoms with van der Waals surface area (Å²) in [5.41, 5.74) is 0.983. The van der Waals surface area contributed by atoms with Crippen molar-refractivity contribution in [2.75, 3.05) is 26.2 Å². The van der Waals surface area contributed by atoms with Gasteiger partial charge in [-0.2, -0.15) is 0 Å². The van der Waals surface area contributed by atoms with Crippen molar-refractivity contribution >= 4 is 29.1 Å². The molecule has 268 valence electrons. The minimum atomic E-state index is -1.92. The number of carbonyl (C=O) groups excluding carboxylic acids is 3. The van der Waals surface area contributed by atoms with Crippen LogP contribution in [-0.4, -0.2) is 91.4 Å². The van der Waals surface area contributed by atoms with Crippen molar-refractivity contribution < 1.29 is 33.7 Å². The van der Waals surface area contributed by atoms with Gasteiger partial charge in [-0.1, -0.05) is 6.92 Å². The van der Waals surface area contributed by atoms with Gasteiger partial charge in [0.15, 0.2) is 5.60 Å². The zero-order valence-corrected chi connectivity index (χ0v) is 30.2. The maximum atomic E-state index is 13.7. The Bertz CT molecular complexity index is 1910. The van der Waals surface area contributed by atoms with Crippen molar-refractivity contribution in [3.63, 3.8) is 0 Å². The first kappa shape index (κ1) is 35.3. The number of nitrogens with zero attached hydrogens (tertiary/aromatic N) is 5. The summed E-state index contributed by atoms with van der Waals surface area (Å²) in [5, 5.41) is 12.0. The number of aliphatic hydroxyl groups is 1. The third kappa shape index (κ3) is 6.32. The Morgan fingerprint density at radius 3 is 2.36 bits per heavy atom. The highest BCUT2D eigenvalue weighted by atomic mass is 16.6. The molecule has 1 fully saturated rings. The minimum absolute atomic E-state index is 0.0572. The second-order valence-electron chi connectivity index (χ2n) is 14.9.